The number of carbonyl (C=O) groups is 1. The average molecular weight is 387 g/mol. The molecule has 2 aliphatic carbocycles. The Balaban J connectivity index is 1.39. The van der Waals surface area contributed by atoms with Crippen LogP contribution in [0.15, 0.2) is 35.5 Å². The summed E-state index contributed by atoms with van der Waals surface area (Å²) in [7, 11) is 3.14. The maximum absolute atomic E-state index is 12.4. The number of hydrogen-bond acceptors (Lipinski definition) is 7. The molecule has 1 heterocycles. The van der Waals surface area contributed by atoms with Crippen LogP contribution in [-0.4, -0.2) is 46.1 Å². The van der Waals surface area contributed by atoms with Crippen molar-refractivity contribution in [3.05, 3.63) is 30.4 Å². The lowest BCUT2D eigenvalue weighted by Gasteiger charge is -2.18. The summed E-state index contributed by atoms with van der Waals surface area (Å²) in [4.78, 5) is 12.4. The first-order valence-electron chi connectivity index (χ1n) is 8.78. The van der Waals surface area contributed by atoms with Crippen LogP contribution in [0.3, 0.4) is 0 Å². The Labute approximate surface area is 161 Å². The molecule has 9 heteroatoms. The molecular formula is C18H21N5O3S. The monoisotopic (exact) mass is 387 g/mol. The second kappa shape index (κ2) is 7.59. The van der Waals surface area contributed by atoms with Gasteiger partial charge < -0.3 is 14.8 Å². The van der Waals surface area contributed by atoms with Gasteiger partial charge in [-0.15, -0.1) is 5.10 Å². The minimum Gasteiger partial charge on any atom is -0.497 e. The van der Waals surface area contributed by atoms with Crippen molar-refractivity contribution in [2.75, 3.05) is 25.3 Å². The van der Waals surface area contributed by atoms with Gasteiger partial charge in [-0.1, -0.05) is 23.9 Å². The molecule has 3 atom stereocenters. The third kappa shape index (κ3) is 3.64. The lowest BCUT2D eigenvalue weighted by Crippen LogP contribution is -2.18. The highest BCUT2D eigenvalue weighted by molar-refractivity contribution is 7.99. The summed E-state index contributed by atoms with van der Waals surface area (Å²) in [6.07, 6.45) is 6.78. The van der Waals surface area contributed by atoms with E-state index in [4.69, 9.17) is 9.47 Å². The molecule has 0 spiro atoms. The Hall–Kier alpha value is -2.55. The van der Waals surface area contributed by atoms with E-state index in [1.165, 1.54) is 18.2 Å². The van der Waals surface area contributed by atoms with Crippen LogP contribution in [0.2, 0.25) is 0 Å². The summed E-state index contributed by atoms with van der Waals surface area (Å²) >= 11 is 1.34. The van der Waals surface area contributed by atoms with Crippen molar-refractivity contribution in [3.63, 3.8) is 0 Å². The fraction of sp³-hybridized carbons (Fsp3) is 0.444. The highest BCUT2D eigenvalue weighted by atomic mass is 32.2. The van der Waals surface area contributed by atoms with E-state index in [2.05, 4.69) is 33.0 Å². The van der Waals surface area contributed by atoms with Gasteiger partial charge in [0.1, 0.15) is 11.5 Å². The van der Waals surface area contributed by atoms with Crippen molar-refractivity contribution < 1.29 is 14.3 Å². The summed E-state index contributed by atoms with van der Waals surface area (Å²) in [6, 6.07) is 5.55. The van der Waals surface area contributed by atoms with E-state index in [0.29, 0.717) is 40.2 Å². The molecule has 4 rings (SSSR count). The number of nitrogens with one attached hydrogen (secondary N) is 1. The zero-order valence-corrected chi connectivity index (χ0v) is 16.0. The number of tetrazole rings is 1. The fourth-order valence-electron chi connectivity index (χ4n) is 3.75. The van der Waals surface area contributed by atoms with Crippen molar-refractivity contribution in [2.24, 2.45) is 11.8 Å². The molecule has 0 aliphatic heterocycles. The van der Waals surface area contributed by atoms with Crippen LogP contribution in [0.4, 0.5) is 5.69 Å². The number of hydrogen-bond donors (Lipinski definition) is 1. The number of rotatable bonds is 7. The van der Waals surface area contributed by atoms with Gasteiger partial charge in [0.25, 0.3) is 0 Å². The largest absolute Gasteiger partial charge is 0.497 e. The Morgan fingerprint density at radius 1 is 1.30 bits per heavy atom. The van der Waals surface area contributed by atoms with E-state index in [1.807, 2.05) is 4.68 Å². The third-order valence-corrected chi connectivity index (χ3v) is 5.97. The van der Waals surface area contributed by atoms with Gasteiger partial charge in [-0.25, -0.2) is 4.68 Å². The molecule has 142 valence electrons. The molecule has 2 aromatic rings. The zero-order chi connectivity index (χ0) is 18.8. The number of ether oxygens (including phenoxy) is 2. The predicted octanol–water partition coefficient (Wildman–Crippen LogP) is 2.56. The molecule has 1 amide bonds. The smallest absolute Gasteiger partial charge is 0.234 e. The Kier molecular flexibility index (Phi) is 5.02. The molecule has 8 nitrogen and oxygen atoms in total. The van der Waals surface area contributed by atoms with Crippen LogP contribution < -0.4 is 14.8 Å². The van der Waals surface area contributed by atoms with Crippen molar-refractivity contribution in [1.82, 2.24) is 20.2 Å². The maximum Gasteiger partial charge on any atom is 0.234 e. The van der Waals surface area contributed by atoms with Crippen LogP contribution >= 0.6 is 11.8 Å². The second-order valence-corrected chi connectivity index (χ2v) is 7.60. The molecule has 27 heavy (non-hydrogen) atoms. The maximum atomic E-state index is 12.4. The van der Waals surface area contributed by atoms with E-state index in [1.54, 1.807) is 32.4 Å². The molecule has 0 radical (unpaired) electrons. The number of aromatic nitrogens is 4. The van der Waals surface area contributed by atoms with Crippen LogP contribution in [0.5, 0.6) is 11.5 Å². The zero-order valence-electron chi connectivity index (χ0n) is 15.2. The standard InChI is InChI=1S/C18H21N5O3S/c1-25-13-5-6-16(26-2)14(9-13)19-17(24)10-27-18-20-21-22-23(18)15-8-11-3-4-12(15)7-11/h3-6,9,11-12,15H,7-8,10H2,1-2H3,(H,19,24)/t11-,12-,15+/m0/s1. The van der Waals surface area contributed by atoms with Crippen molar-refractivity contribution in [1.29, 1.82) is 0 Å². The first-order chi connectivity index (χ1) is 13.2. The molecule has 2 aliphatic rings. The van der Waals surface area contributed by atoms with E-state index >= 15 is 0 Å². The van der Waals surface area contributed by atoms with Gasteiger partial charge in [0.2, 0.25) is 11.1 Å². The van der Waals surface area contributed by atoms with Crippen molar-refractivity contribution in [3.8, 4) is 11.5 Å². The number of benzene rings is 1. The summed E-state index contributed by atoms with van der Waals surface area (Å²) in [5.41, 5.74) is 0.570. The lowest BCUT2D eigenvalue weighted by molar-refractivity contribution is -0.113. The fourth-order valence-corrected chi connectivity index (χ4v) is 4.48. The van der Waals surface area contributed by atoms with Gasteiger partial charge >= 0.3 is 0 Å². The second-order valence-electron chi connectivity index (χ2n) is 6.66. The van der Waals surface area contributed by atoms with Gasteiger partial charge in [0, 0.05) is 6.07 Å². The number of nitrogens with zero attached hydrogens (tertiary/aromatic N) is 4. The van der Waals surface area contributed by atoms with E-state index in [-0.39, 0.29) is 11.7 Å². The number of anilines is 1. The molecular weight excluding hydrogens is 366 g/mol. The highest BCUT2D eigenvalue weighted by Crippen LogP contribution is 2.46. The van der Waals surface area contributed by atoms with Crippen molar-refractivity contribution in [2.45, 2.75) is 24.0 Å². The lowest BCUT2D eigenvalue weighted by atomic mass is 10.0. The van der Waals surface area contributed by atoms with Crippen LogP contribution in [0, 0.1) is 11.8 Å². The quantitative estimate of drug-likeness (QED) is 0.577. The van der Waals surface area contributed by atoms with Crippen LogP contribution in [0.1, 0.15) is 18.9 Å². The van der Waals surface area contributed by atoms with Crippen molar-refractivity contribution >= 4 is 23.4 Å². The molecule has 1 saturated carbocycles. The topological polar surface area (TPSA) is 91.2 Å². The number of carbonyl (C=O) groups excluding carboxylic acids is 1. The Bertz CT molecular complexity index is 868. The summed E-state index contributed by atoms with van der Waals surface area (Å²) < 4.78 is 12.4. The highest BCUT2D eigenvalue weighted by Gasteiger charge is 2.38. The van der Waals surface area contributed by atoms with Gasteiger partial charge in [-0.2, -0.15) is 0 Å². The predicted molar refractivity (Wildman–Crippen MR) is 101 cm³/mol. The molecule has 1 fully saturated rings. The first-order valence-corrected chi connectivity index (χ1v) is 9.77. The number of methoxy groups -OCH3 is 2. The first kappa shape index (κ1) is 17.8. The van der Waals surface area contributed by atoms with Gasteiger partial charge in [0.05, 0.1) is 31.7 Å². The minimum absolute atomic E-state index is 0.158. The molecule has 1 aromatic carbocycles. The average Bonchev–Trinajstić information content (AvgIpc) is 3.42. The minimum atomic E-state index is -0.158. The van der Waals surface area contributed by atoms with Gasteiger partial charge in [-0.05, 0) is 47.2 Å². The molecule has 0 unspecified atom stereocenters. The number of amides is 1. The Morgan fingerprint density at radius 2 is 2.19 bits per heavy atom. The third-order valence-electron chi connectivity index (χ3n) is 5.03. The Morgan fingerprint density at radius 3 is 2.89 bits per heavy atom. The number of fused-ring (bicyclic) bond motifs is 2. The van der Waals surface area contributed by atoms with Gasteiger partial charge in [-0.3, -0.25) is 4.79 Å². The summed E-state index contributed by atoms with van der Waals surface area (Å²) in [6.45, 7) is 0. The normalized spacial score (nSPS) is 22.8. The number of thioether (sulfide) groups is 1. The molecule has 1 N–H and O–H groups in total. The van der Waals surface area contributed by atoms with E-state index < -0.39 is 0 Å². The molecule has 2 bridgehead atoms. The number of allylic oxidation sites excluding steroid dienone is 2. The molecule has 1 aromatic heterocycles. The van der Waals surface area contributed by atoms with Crippen LogP contribution in [0.25, 0.3) is 0 Å². The van der Waals surface area contributed by atoms with E-state index in [9.17, 15) is 4.79 Å². The SMILES string of the molecule is COc1ccc(OC)c(NC(=O)CSc2nnnn2[C@@H]2C[C@H]3C=C[C@H]2C3)c1. The molecule has 0 saturated heterocycles. The van der Waals surface area contributed by atoms with Gasteiger partial charge in [0.15, 0.2) is 0 Å². The van der Waals surface area contributed by atoms with Crippen LogP contribution in [-0.2, 0) is 4.79 Å². The summed E-state index contributed by atoms with van der Waals surface area (Å²) in [5, 5.41) is 15.6. The van der Waals surface area contributed by atoms with E-state index in [0.717, 1.165) is 6.42 Å². The summed E-state index contributed by atoms with van der Waals surface area (Å²) in [5.74, 6) is 2.39.